The number of halogens is 2. The average molecular weight is 544 g/mol. The first-order valence-electron chi connectivity index (χ1n) is 10.4. The normalized spacial score (nSPS) is 12.3. The summed E-state index contributed by atoms with van der Waals surface area (Å²) in [4.78, 5) is 19.7. The van der Waals surface area contributed by atoms with E-state index < -0.39 is 14.7 Å². The van der Waals surface area contributed by atoms with Crippen LogP contribution < -0.4 is 10.00 Å². The van der Waals surface area contributed by atoms with Crippen LogP contribution in [0.25, 0.3) is 22.2 Å². The third-order valence-corrected chi connectivity index (χ3v) is 9.38. The quantitative estimate of drug-likeness (QED) is 0.293. The molecule has 0 aliphatic heterocycles. The number of benzene rings is 3. The molecular weight excluding hydrogens is 520 g/mol. The van der Waals surface area contributed by atoms with Crippen molar-refractivity contribution < 1.29 is 9.21 Å². The SMILES string of the molecule is CN(C)CC[As](C)c1nc2cc(NC(=O)c3ccc(-c4ccc(Cl)cc4Cl)cc3)ccc2o1. The Bertz CT molecular complexity index is 1290. The molecule has 0 saturated heterocycles. The van der Waals surface area contributed by atoms with Crippen molar-refractivity contribution in [1.29, 1.82) is 0 Å². The van der Waals surface area contributed by atoms with Crippen LogP contribution in [0.1, 0.15) is 10.4 Å². The summed E-state index contributed by atoms with van der Waals surface area (Å²) in [5.41, 5.74) is 6.78. The minimum atomic E-state index is -1.32. The van der Waals surface area contributed by atoms with Crippen LogP contribution in [0.15, 0.2) is 65.1 Å². The van der Waals surface area contributed by atoms with Gasteiger partial charge in [-0.3, -0.25) is 0 Å². The summed E-state index contributed by atoms with van der Waals surface area (Å²) in [6.07, 6.45) is 0. The molecule has 4 rings (SSSR count). The summed E-state index contributed by atoms with van der Waals surface area (Å²) in [6.45, 7) is 1.03. The molecule has 1 heterocycles. The van der Waals surface area contributed by atoms with Gasteiger partial charge in [-0.25, -0.2) is 0 Å². The van der Waals surface area contributed by atoms with Crippen molar-refractivity contribution in [1.82, 2.24) is 9.88 Å². The first-order valence-corrected chi connectivity index (χ1v) is 15.3. The molecule has 1 unspecified atom stereocenters. The van der Waals surface area contributed by atoms with E-state index in [0.717, 1.165) is 38.7 Å². The Morgan fingerprint density at radius 2 is 1.82 bits per heavy atom. The number of aromatic nitrogens is 1. The van der Waals surface area contributed by atoms with Gasteiger partial charge in [0.05, 0.1) is 0 Å². The molecule has 0 aliphatic rings. The number of nitrogens with one attached hydrogen (secondary N) is 1. The number of carbonyl (C=O) groups is 1. The van der Waals surface area contributed by atoms with E-state index in [-0.39, 0.29) is 5.91 Å². The average Bonchev–Trinajstić information content (AvgIpc) is 3.21. The number of carbonyl (C=O) groups excluding carboxylic acids is 1. The maximum absolute atomic E-state index is 12.8. The fourth-order valence-electron chi connectivity index (χ4n) is 3.33. The molecule has 0 aliphatic carbocycles. The third-order valence-electron chi connectivity index (χ3n) is 5.23. The summed E-state index contributed by atoms with van der Waals surface area (Å²) in [7, 11) is 4.15. The zero-order valence-corrected chi connectivity index (χ0v) is 22.0. The molecule has 0 bridgehead atoms. The topological polar surface area (TPSA) is 58.4 Å². The predicted octanol–water partition coefficient (Wildman–Crippen LogP) is 5.95. The molecule has 3 aromatic carbocycles. The van der Waals surface area contributed by atoms with Crippen molar-refractivity contribution in [3.05, 3.63) is 76.3 Å². The van der Waals surface area contributed by atoms with Crippen molar-refractivity contribution in [2.24, 2.45) is 0 Å². The monoisotopic (exact) mass is 543 g/mol. The van der Waals surface area contributed by atoms with Crippen LogP contribution in [0.4, 0.5) is 5.69 Å². The van der Waals surface area contributed by atoms with Crippen molar-refractivity contribution in [2.75, 3.05) is 26.0 Å². The molecule has 0 saturated carbocycles. The van der Waals surface area contributed by atoms with E-state index in [1.54, 1.807) is 24.3 Å². The fourth-order valence-corrected chi connectivity index (χ4v) is 6.84. The minimum absolute atomic E-state index is 0.194. The number of fused-ring (bicyclic) bond motifs is 1. The summed E-state index contributed by atoms with van der Waals surface area (Å²) in [6, 6.07) is 18.2. The van der Waals surface area contributed by atoms with Crippen LogP contribution in [-0.2, 0) is 0 Å². The van der Waals surface area contributed by atoms with Gasteiger partial charge in [0.15, 0.2) is 0 Å². The molecule has 1 amide bonds. The summed E-state index contributed by atoms with van der Waals surface area (Å²) >= 11 is 11.0. The Morgan fingerprint density at radius 3 is 2.52 bits per heavy atom. The van der Waals surface area contributed by atoms with Gasteiger partial charge in [-0.2, -0.15) is 0 Å². The predicted molar refractivity (Wildman–Crippen MR) is 138 cm³/mol. The molecule has 8 heteroatoms. The van der Waals surface area contributed by atoms with Crippen LogP contribution in [0.2, 0.25) is 21.0 Å². The number of anilines is 1. The molecule has 1 atom stereocenters. The molecule has 4 aromatic rings. The van der Waals surface area contributed by atoms with Crippen LogP contribution in [0.3, 0.4) is 0 Å². The second kappa shape index (κ2) is 10.3. The maximum atomic E-state index is 12.8. The summed E-state index contributed by atoms with van der Waals surface area (Å²) < 4.78 is 6.84. The van der Waals surface area contributed by atoms with E-state index in [2.05, 4.69) is 30.0 Å². The molecule has 170 valence electrons. The van der Waals surface area contributed by atoms with Crippen molar-refractivity contribution >= 4 is 65.2 Å². The molecule has 0 radical (unpaired) electrons. The first-order chi connectivity index (χ1) is 15.8. The van der Waals surface area contributed by atoms with E-state index in [4.69, 9.17) is 32.6 Å². The molecule has 1 aromatic heterocycles. The van der Waals surface area contributed by atoms with E-state index in [1.807, 2.05) is 36.4 Å². The first kappa shape index (κ1) is 23.8. The summed E-state index contributed by atoms with van der Waals surface area (Å²) in [5, 5.41) is 5.21. The molecule has 0 spiro atoms. The molecule has 33 heavy (non-hydrogen) atoms. The van der Waals surface area contributed by atoms with Crippen molar-refractivity contribution in [3.8, 4) is 11.1 Å². The van der Waals surface area contributed by atoms with Gasteiger partial charge in [0.2, 0.25) is 0 Å². The Hall–Kier alpha value is -2.30. The van der Waals surface area contributed by atoms with Crippen LogP contribution in [0.5, 0.6) is 0 Å². The number of oxazole rings is 1. The number of hydrogen-bond donors (Lipinski definition) is 1. The fraction of sp³-hybridized carbons (Fsp3) is 0.200. The van der Waals surface area contributed by atoms with Gasteiger partial charge in [-0.15, -0.1) is 0 Å². The summed E-state index contributed by atoms with van der Waals surface area (Å²) in [5.74, 6) is -0.194. The second-order valence-corrected chi connectivity index (χ2v) is 13.6. The second-order valence-electron chi connectivity index (χ2n) is 8.06. The van der Waals surface area contributed by atoms with Crippen molar-refractivity contribution in [2.45, 2.75) is 10.9 Å². The standard InChI is InChI=1S/C25H24AsCl2N3O2/c1-26(12-13-31(2)3)25-30-22-15-19(9-11-23(22)33-25)29-24(32)17-6-4-16(5-7-17)20-10-8-18(27)14-21(20)28/h4-11,14-15H,12-13H2,1-3H3,(H,29,32). The molecule has 1 N–H and O–H groups in total. The zero-order chi connectivity index (χ0) is 23.5. The van der Waals surface area contributed by atoms with Gasteiger partial charge < -0.3 is 0 Å². The number of amides is 1. The molecule has 5 nitrogen and oxygen atoms in total. The van der Waals surface area contributed by atoms with Crippen LogP contribution in [0, 0.1) is 0 Å². The molecule has 0 fully saturated rings. The van der Waals surface area contributed by atoms with E-state index >= 15 is 0 Å². The van der Waals surface area contributed by atoms with Crippen molar-refractivity contribution in [3.63, 3.8) is 0 Å². The van der Waals surface area contributed by atoms with Gasteiger partial charge in [-0.05, 0) is 12.1 Å². The van der Waals surface area contributed by atoms with E-state index in [9.17, 15) is 4.79 Å². The van der Waals surface area contributed by atoms with Gasteiger partial charge in [-0.1, -0.05) is 29.3 Å². The Kier molecular flexibility index (Phi) is 7.45. The Balaban J connectivity index is 1.47. The zero-order valence-electron chi connectivity index (χ0n) is 18.6. The van der Waals surface area contributed by atoms with Gasteiger partial charge in [0.1, 0.15) is 0 Å². The van der Waals surface area contributed by atoms with Gasteiger partial charge in [0, 0.05) is 10.0 Å². The number of rotatable bonds is 7. The van der Waals surface area contributed by atoms with E-state index in [0.29, 0.717) is 21.3 Å². The number of nitrogens with zero attached hydrogens (tertiary/aromatic N) is 2. The Labute approximate surface area is 208 Å². The van der Waals surface area contributed by atoms with Crippen LogP contribution in [-0.4, -0.2) is 51.1 Å². The van der Waals surface area contributed by atoms with Crippen LogP contribution >= 0.6 is 23.2 Å². The van der Waals surface area contributed by atoms with E-state index in [1.165, 1.54) is 0 Å². The Morgan fingerprint density at radius 1 is 1.06 bits per heavy atom. The van der Waals surface area contributed by atoms with Gasteiger partial charge >= 0.3 is 157 Å². The molecular formula is C25H24AsCl2N3O2. The van der Waals surface area contributed by atoms with Gasteiger partial charge in [0.25, 0.3) is 0 Å². The third kappa shape index (κ3) is 5.80. The number of hydrogen-bond acceptors (Lipinski definition) is 4.